The molecular weight excluding hydrogens is 829 g/mol. The summed E-state index contributed by atoms with van der Waals surface area (Å²) < 4.78 is 93.3. The van der Waals surface area contributed by atoms with Gasteiger partial charge >= 0.3 is 56.9 Å². The molecule has 314 valence electrons. The standard InChI is InChI=1S/C40H37N2O9S.F6P/c1-27-18-20-31(21-19-27)52-40-36(51-39(46)30-16-10-5-11-17-30)35(50-38(45)29-14-8-4-9-15-29)34(49-37(44)28-12-6-3-7-13-28)32(48-40)25-47-33(43)24-42-23-22-41(2)26-42;1-7(2,3,4,5)6/h3-23,26,32,34-36,40H,24-25H2,1-2H3;/q+1;-1/t32-,34-,35+,36+,40-;/m1./s1. The quantitative estimate of drug-likeness (QED) is 0.0396. The van der Waals surface area contributed by atoms with Crippen LogP contribution in [0.25, 0.3) is 0 Å². The molecule has 0 bridgehead atoms. The molecule has 1 aliphatic heterocycles. The number of esters is 4. The summed E-state index contributed by atoms with van der Waals surface area (Å²) in [6.07, 6.45) is -0.0130. The summed E-state index contributed by atoms with van der Waals surface area (Å²) in [6, 6.07) is 32.5. The molecule has 2 heterocycles. The Hall–Kier alpha value is -5.71. The van der Waals surface area contributed by atoms with Gasteiger partial charge in [0.25, 0.3) is 0 Å². The number of imidazole rings is 1. The number of aromatic nitrogens is 2. The van der Waals surface area contributed by atoms with E-state index in [9.17, 15) is 44.4 Å². The molecule has 0 N–H and O–H groups in total. The minimum absolute atomic E-state index is 0.0900. The maximum absolute atomic E-state index is 13.8. The first kappa shape index (κ1) is 44.4. The third-order valence-electron chi connectivity index (χ3n) is 8.17. The van der Waals surface area contributed by atoms with E-state index >= 15 is 0 Å². The zero-order valence-corrected chi connectivity index (χ0v) is 32.9. The molecule has 0 aliphatic carbocycles. The van der Waals surface area contributed by atoms with Gasteiger partial charge in [-0.3, -0.25) is 0 Å². The van der Waals surface area contributed by atoms with Crippen molar-refractivity contribution in [1.29, 1.82) is 0 Å². The Kier molecular flexibility index (Phi) is 13.6. The summed E-state index contributed by atoms with van der Waals surface area (Å²) in [4.78, 5) is 54.9. The Labute approximate surface area is 338 Å². The SMILES string of the molecule is Cc1ccc(S[C@H]2O[C@H](COC(=O)Cn3cc[n+](C)c3)[C@@H](OC(=O)c3ccccc3)[C@H](OC(=O)c3ccccc3)[C@@H]2OC(=O)c2ccccc2)cc1.F[P-](F)(F)(F)(F)F. The zero-order chi connectivity index (χ0) is 42.9. The predicted octanol–water partition coefficient (Wildman–Crippen LogP) is 8.74. The number of halogens is 6. The van der Waals surface area contributed by atoms with Crippen LogP contribution in [0, 0.1) is 6.92 Å². The normalized spacial score (nSPS) is 20.0. The van der Waals surface area contributed by atoms with Crippen molar-refractivity contribution in [2.45, 2.75) is 48.2 Å². The Morgan fingerprint density at radius 2 is 1.12 bits per heavy atom. The van der Waals surface area contributed by atoms with Gasteiger partial charge in [-0.1, -0.05) is 84.1 Å². The van der Waals surface area contributed by atoms with Crippen molar-refractivity contribution in [3.05, 3.63) is 156 Å². The van der Waals surface area contributed by atoms with Gasteiger partial charge in [0.15, 0.2) is 24.9 Å². The predicted molar refractivity (Wildman–Crippen MR) is 203 cm³/mol. The van der Waals surface area contributed by atoms with Gasteiger partial charge in [-0.2, -0.15) is 0 Å². The summed E-state index contributed by atoms with van der Waals surface area (Å²) in [5.41, 5.74) is 0.719. The molecule has 1 aromatic heterocycles. The third kappa shape index (κ3) is 14.9. The van der Waals surface area contributed by atoms with Crippen molar-refractivity contribution in [3.8, 4) is 0 Å². The van der Waals surface area contributed by atoms with E-state index in [-0.39, 0.29) is 29.8 Å². The summed E-state index contributed by atoms with van der Waals surface area (Å²) >= 11 is 1.23. The summed E-state index contributed by atoms with van der Waals surface area (Å²) in [7, 11) is -8.83. The summed E-state index contributed by atoms with van der Waals surface area (Å²) in [5, 5.41) is 0. The van der Waals surface area contributed by atoms with Gasteiger partial charge in [0.05, 0.1) is 23.7 Å². The number of thioether (sulfide) groups is 1. The van der Waals surface area contributed by atoms with Gasteiger partial charge in [0.2, 0.25) is 6.33 Å². The summed E-state index contributed by atoms with van der Waals surface area (Å²) in [5.74, 6) is -2.78. The van der Waals surface area contributed by atoms with Crippen LogP contribution in [0.15, 0.2) is 139 Å². The Morgan fingerprint density at radius 1 is 0.678 bits per heavy atom. The average Bonchev–Trinajstić information content (AvgIpc) is 3.60. The number of benzene rings is 4. The topological polar surface area (TPSA) is 123 Å². The van der Waals surface area contributed by atoms with E-state index in [2.05, 4.69) is 0 Å². The second-order valence-electron chi connectivity index (χ2n) is 13.1. The molecule has 5 atom stereocenters. The van der Waals surface area contributed by atoms with Gasteiger partial charge in [-0.15, -0.1) is 0 Å². The van der Waals surface area contributed by atoms with E-state index in [0.717, 1.165) is 10.5 Å². The van der Waals surface area contributed by atoms with Crippen LogP contribution in [0.1, 0.15) is 36.6 Å². The molecular formula is C40H37F6N2O9PS. The van der Waals surface area contributed by atoms with Crippen LogP contribution in [0.4, 0.5) is 25.2 Å². The number of nitrogens with zero attached hydrogens (tertiary/aromatic N) is 2. The number of carbonyl (C=O) groups excluding carboxylic acids is 4. The molecule has 0 saturated carbocycles. The number of carbonyl (C=O) groups is 4. The second-order valence-corrected chi connectivity index (χ2v) is 16.2. The van der Waals surface area contributed by atoms with E-state index in [4.69, 9.17) is 23.7 Å². The monoisotopic (exact) mass is 866 g/mol. The molecule has 1 fully saturated rings. The van der Waals surface area contributed by atoms with Crippen LogP contribution in [-0.2, 0) is 42.1 Å². The summed E-state index contributed by atoms with van der Waals surface area (Å²) in [6.45, 7) is 1.49. The first-order valence-electron chi connectivity index (χ1n) is 17.6. The van der Waals surface area contributed by atoms with E-state index in [1.54, 1.807) is 119 Å². The fraction of sp³-hybridized carbons (Fsp3) is 0.225. The Morgan fingerprint density at radius 3 is 1.56 bits per heavy atom. The van der Waals surface area contributed by atoms with Crippen LogP contribution in [0.3, 0.4) is 0 Å². The van der Waals surface area contributed by atoms with Gasteiger partial charge in [0, 0.05) is 4.90 Å². The molecule has 0 unspecified atom stereocenters. The van der Waals surface area contributed by atoms with Crippen LogP contribution in [0.5, 0.6) is 0 Å². The van der Waals surface area contributed by atoms with Crippen LogP contribution in [-0.4, -0.2) is 64.9 Å². The van der Waals surface area contributed by atoms with Crippen molar-refractivity contribution in [2.75, 3.05) is 6.61 Å². The van der Waals surface area contributed by atoms with E-state index < -0.39 is 61.5 Å². The van der Waals surface area contributed by atoms with Crippen molar-refractivity contribution in [3.63, 3.8) is 0 Å². The molecule has 1 saturated heterocycles. The van der Waals surface area contributed by atoms with Crippen LogP contribution < -0.4 is 4.57 Å². The first-order valence-corrected chi connectivity index (χ1v) is 20.5. The van der Waals surface area contributed by atoms with E-state index in [0.29, 0.717) is 0 Å². The molecule has 19 heteroatoms. The van der Waals surface area contributed by atoms with Crippen molar-refractivity contribution >= 4 is 43.4 Å². The number of rotatable bonds is 12. The number of hydrogen-bond donors (Lipinski definition) is 0. The molecule has 6 rings (SSSR count). The van der Waals surface area contributed by atoms with Gasteiger partial charge in [-0.25, -0.2) is 28.3 Å². The number of hydrogen-bond acceptors (Lipinski definition) is 10. The van der Waals surface area contributed by atoms with Crippen molar-refractivity contribution in [1.82, 2.24) is 4.57 Å². The third-order valence-corrected chi connectivity index (χ3v) is 9.32. The van der Waals surface area contributed by atoms with Gasteiger partial charge < -0.3 is 23.7 Å². The Bertz CT molecular complexity index is 2210. The van der Waals surface area contributed by atoms with Crippen LogP contribution >= 0.6 is 19.6 Å². The molecule has 4 aromatic carbocycles. The van der Waals surface area contributed by atoms with Gasteiger partial charge in [0.1, 0.15) is 30.5 Å². The molecule has 0 spiro atoms. The van der Waals surface area contributed by atoms with E-state index in [1.807, 2.05) is 38.2 Å². The van der Waals surface area contributed by atoms with Crippen molar-refractivity contribution in [2.24, 2.45) is 7.05 Å². The molecule has 5 aromatic rings. The Balaban J connectivity index is 0.000000867. The second kappa shape index (κ2) is 18.1. The average molecular weight is 867 g/mol. The number of ether oxygens (including phenoxy) is 5. The molecule has 0 radical (unpaired) electrons. The van der Waals surface area contributed by atoms with Gasteiger partial charge in [-0.05, 0) is 55.5 Å². The molecule has 59 heavy (non-hydrogen) atoms. The van der Waals surface area contributed by atoms with Crippen molar-refractivity contribution < 1.29 is 72.6 Å². The maximum atomic E-state index is 13.8. The molecule has 1 aliphatic rings. The minimum atomic E-state index is -10.7. The van der Waals surface area contributed by atoms with E-state index in [1.165, 1.54) is 11.8 Å². The van der Waals surface area contributed by atoms with Crippen LogP contribution in [0.2, 0.25) is 0 Å². The zero-order valence-electron chi connectivity index (χ0n) is 31.2. The fourth-order valence-corrected chi connectivity index (χ4v) is 6.63. The first-order chi connectivity index (χ1) is 27.7. The molecule has 0 amide bonds. The number of aryl methyl sites for hydroxylation is 2. The fourth-order valence-electron chi connectivity index (χ4n) is 5.52. The molecule has 11 nitrogen and oxygen atoms in total.